The second kappa shape index (κ2) is 3.61. The van der Waals surface area contributed by atoms with E-state index in [1.165, 1.54) is 0 Å². The van der Waals surface area contributed by atoms with Gasteiger partial charge in [-0.25, -0.2) is 0 Å². The summed E-state index contributed by atoms with van der Waals surface area (Å²) in [6, 6.07) is 1.84. The summed E-state index contributed by atoms with van der Waals surface area (Å²) in [5, 5.41) is 17.2. The molecule has 1 aliphatic rings. The molecular weight excluding hydrogens is 192 g/mol. The Morgan fingerprint density at radius 3 is 2.67 bits per heavy atom. The van der Waals surface area contributed by atoms with Crippen LogP contribution >= 0.6 is 0 Å². The standard InChI is InChI=1S/C11H14N2O2/c1-8-6-9(13-12-7-8)11(10(14)15)4-2-3-5-11/h6-7H,2-5H2,1H3,(H,14,15). The van der Waals surface area contributed by atoms with Crippen LogP contribution in [0.15, 0.2) is 12.3 Å². The Kier molecular flexibility index (Phi) is 2.42. The topological polar surface area (TPSA) is 63.1 Å². The fourth-order valence-corrected chi connectivity index (χ4v) is 2.26. The first-order valence-corrected chi connectivity index (χ1v) is 5.18. The van der Waals surface area contributed by atoms with Crippen LogP contribution in [0.2, 0.25) is 0 Å². The molecule has 1 aromatic heterocycles. The number of aryl methyl sites for hydroxylation is 1. The van der Waals surface area contributed by atoms with Crippen molar-refractivity contribution in [3.8, 4) is 0 Å². The Morgan fingerprint density at radius 2 is 2.13 bits per heavy atom. The van der Waals surface area contributed by atoms with Crippen molar-refractivity contribution in [2.24, 2.45) is 0 Å². The highest BCUT2D eigenvalue weighted by Gasteiger charge is 2.44. The van der Waals surface area contributed by atoms with Gasteiger partial charge in [-0.15, -0.1) is 0 Å². The quantitative estimate of drug-likeness (QED) is 0.799. The third kappa shape index (κ3) is 1.60. The Balaban J connectivity index is 2.45. The second-order valence-corrected chi connectivity index (χ2v) is 4.21. The zero-order valence-corrected chi connectivity index (χ0v) is 8.73. The maximum absolute atomic E-state index is 11.4. The van der Waals surface area contributed by atoms with E-state index < -0.39 is 11.4 Å². The molecule has 15 heavy (non-hydrogen) atoms. The van der Waals surface area contributed by atoms with Crippen molar-refractivity contribution in [2.45, 2.75) is 38.0 Å². The van der Waals surface area contributed by atoms with Crippen LogP contribution < -0.4 is 0 Å². The molecule has 0 unspecified atom stereocenters. The Morgan fingerprint density at radius 1 is 1.47 bits per heavy atom. The summed E-state index contributed by atoms with van der Waals surface area (Å²) in [6.45, 7) is 1.91. The molecule has 0 saturated heterocycles. The molecule has 0 bridgehead atoms. The number of nitrogens with zero attached hydrogens (tertiary/aromatic N) is 2. The lowest BCUT2D eigenvalue weighted by Gasteiger charge is -2.22. The lowest BCUT2D eigenvalue weighted by molar-refractivity contribution is -0.143. The minimum atomic E-state index is -0.779. The molecule has 1 saturated carbocycles. The molecule has 0 atom stereocenters. The Labute approximate surface area is 88.3 Å². The van der Waals surface area contributed by atoms with Gasteiger partial charge in [0.1, 0.15) is 5.41 Å². The van der Waals surface area contributed by atoms with Crippen molar-refractivity contribution in [3.63, 3.8) is 0 Å². The van der Waals surface area contributed by atoms with E-state index in [9.17, 15) is 9.90 Å². The molecule has 0 spiro atoms. The lowest BCUT2D eigenvalue weighted by Crippen LogP contribution is -2.33. The van der Waals surface area contributed by atoms with Gasteiger partial charge in [-0.2, -0.15) is 10.2 Å². The Hall–Kier alpha value is -1.45. The van der Waals surface area contributed by atoms with Gasteiger partial charge in [0.15, 0.2) is 0 Å². The lowest BCUT2D eigenvalue weighted by atomic mass is 9.82. The molecule has 4 nitrogen and oxygen atoms in total. The summed E-state index contributed by atoms with van der Waals surface area (Å²) in [5.41, 5.74) is 0.805. The van der Waals surface area contributed by atoms with E-state index in [1.54, 1.807) is 6.20 Å². The maximum Gasteiger partial charge on any atom is 0.315 e. The van der Waals surface area contributed by atoms with Gasteiger partial charge in [0.05, 0.1) is 11.9 Å². The Bertz CT molecular complexity index is 384. The van der Waals surface area contributed by atoms with Crippen molar-refractivity contribution < 1.29 is 9.90 Å². The predicted octanol–water partition coefficient (Wildman–Crippen LogP) is 1.68. The fourth-order valence-electron chi connectivity index (χ4n) is 2.26. The average molecular weight is 206 g/mol. The molecule has 0 radical (unpaired) electrons. The molecule has 1 aliphatic carbocycles. The summed E-state index contributed by atoms with van der Waals surface area (Å²) in [6.07, 6.45) is 4.93. The molecule has 4 heteroatoms. The number of carbonyl (C=O) groups is 1. The number of carboxylic acids is 1. The number of aliphatic carboxylic acids is 1. The van der Waals surface area contributed by atoms with Gasteiger partial charge >= 0.3 is 5.97 Å². The minimum Gasteiger partial charge on any atom is -0.481 e. The van der Waals surface area contributed by atoms with E-state index in [2.05, 4.69) is 10.2 Å². The van der Waals surface area contributed by atoms with Crippen LogP contribution in [0.4, 0.5) is 0 Å². The first-order chi connectivity index (χ1) is 7.15. The van der Waals surface area contributed by atoms with E-state index in [1.807, 2.05) is 13.0 Å². The molecule has 0 aliphatic heterocycles. The molecular formula is C11H14N2O2. The van der Waals surface area contributed by atoms with Crippen LogP contribution in [0, 0.1) is 6.92 Å². The number of aromatic nitrogens is 2. The van der Waals surface area contributed by atoms with Crippen LogP contribution in [0.1, 0.15) is 36.9 Å². The van der Waals surface area contributed by atoms with E-state index >= 15 is 0 Å². The number of carboxylic acid groups (broad SMARTS) is 1. The van der Waals surface area contributed by atoms with Crippen LogP contribution in [0.3, 0.4) is 0 Å². The second-order valence-electron chi connectivity index (χ2n) is 4.21. The van der Waals surface area contributed by atoms with Crippen LogP contribution in [0.5, 0.6) is 0 Å². The van der Waals surface area contributed by atoms with Crippen LogP contribution in [0.25, 0.3) is 0 Å². The highest BCUT2D eigenvalue weighted by atomic mass is 16.4. The zero-order chi connectivity index (χ0) is 10.9. The summed E-state index contributed by atoms with van der Waals surface area (Å²) in [7, 11) is 0. The number of hydrogen-bond donors (Lipinski definition) is 1. The van der Waals surface area contributed by atoms with Gasteiger partial charge < -0.3 is 5.11 Å². The molecule has 1 heterocycles. The van der Waals surface area contributed by atoms with Crippen molar-refractivity contribution in [2.75, 3.05) is 0 Å². The molecule has 1 fully saturated rings. The van der Waals surface area contributed by atoms with Gasteiger partial charge in [-0.3, -0.25) is 4.79 Å². The highest BCUT2D eigenvalue weighted by Crippen LogP contribution is 2.40. The third-order valence-electron chi connectivity index (χ3n) is 3.15. The summed E-state index contributed by atoms with van der Waals surface area (Å²) in [5.74, 6) is -0.764. The van der Waals surface area contributed by atoms with Gasteiger partial charge in [-0.05, 0) is 31.4 Å². The highest BCUT2D eigenvalue weighted by molar-refractivity contribution is 5.81. The van der Waals surface area contributed by atoms with Crippen molar-refractivity contribution in [1.29, 1.82) is 0 Å². The monoisotopic (exact) mass is 206 g/mol. The molecule has 1 aromatic rings. The van der Waals surface area contributed by atoms with E-state index in [0.717, 1.165) is 18.4 Å². The first-order valence-electron chi connectivity index (χ1n) is 5.18. The molecule has 80 valence electrons. The van der Waals surface area contributed by atoms with Gasteiger partial charge in [-0.1, -0.05) is 12.8 Å². The smallest absolute Gasteiger partial charge is 0.315 e. The predicted molar refractivity (Wildman–Crippen MR) is 54.6 cm³/mol. The summed E-state index contributed by atoms with van der Waals surface area (Å²) < 4.78 is 0. The van der Waals surface area contributed by atoms with Gasteiger partial charge in [0.2, 0.25) is 0 Å². The summed E-state index contributed by atoms with van der Waals surface area (Å²) >= 11 is 0. The fraction of sp³-hybridized carbons (Fsp3) is 0.545. The third-order valence-corrected chi connectivity index (χ3v) is 3.15. The zero-order valence-electron chi connectivity index (χ0n) is 8.73. The average Bonchev–Trinajstić information content (AvgIpc) is 2.67. The van der Waals surface area contributed by atoms with Crippen LogP contribution in [-0.2, 0) is 10.2 Å². The molecule has 2 rings (SSSR count). The van der Waals surface area contributed by atoms with Gasteiger partial charge in [0, 0.05) is 0 Å². The van der Waals surface area contributed by atoms with E-state index in [0.29, 0.717) is 18.5 Å². The van der Waals surface area contributed by atoms with Crippen molar-refractivity contribution >= 4 is 5.97 Å². The first kappa shape index (κ1) is 10.1. The van der Waals surface area contributed by atoms with Gasteiger partial charge in [0.25, 0.3) is 0 Å². The molecule has 1 N–H and O–H groups in total. The van der Waals surface area contributed by atoms with Crippen molar-refractivity contribution in [1.82, 2.24) is 10.2 Å². The van der Waals surface area contributed by atoms with E-state index in [4.69, 9.17) is 0 Å². The van der Waals surface area contributed by atoms with E-state index in [-0.39, 0.29) is 0 Å². The molecule has 0 amide bonds. The number of rotatable bonds is 2. The minimum absolute atomic E-state index is 0.618. The van der Waals surface area contributed by atoms with Crippen LogP contribution in [-0.4, -0.2) is 21.3 Å². The summed E-state index contributed by atoms with van der Waals surface area (Å²) in [4.78, 5) is 11.4. The number of hydrogen-bond acceptors (Lipinski definition) is 3. The molecule has 0 aromatic carbocycles. The van der Waals surface area contributed by atoms with Crippen molar-refractivity contribution in [3.05, 3.63) is 23.5 Å². The maximum atomic E-state index is 11.4. The largest absolute Gasteiger partial charge is 0.481 e. The SMILES string of the molecule is Cc1cnnc(C2(C(=O)O)CCCC2)c1. The normalized spacial score (nSPS) is 19.0.